The topological polar surface area (TPSA) is 100 Å². The first kappa shape index (κ1) is 21.6. The number of phenols is 1. The minimum absolute atomic E-state index is 0.0395. The van der Waals surface area contributed by atoms with Crippen LogP contribution in [0, 0.1) is 6.92 Å². The van der Waals surface area contributed by atoms with Gasteiger partial charge in [-0.05, 0) is 74.0 Å². The van der Waals surface area contributed by atoms with Gasteiger partial charge in [0.2, 0.25) is 0 Å². The second kappa shape index (κ2) is 10.1. The molecule has 7 heteroatoms. The number of phenolic OH excluding ortho intramolecular Hbond substituents is 1. The van der Waals surface area contributed by atoms with Crippen LogP contribution in [0.3, 0.4) is 0 Å². The van der Waals surface area contributed by atoms with Crippen LogP contribution < -0.4 is 15.5 Å². The Balaban J connectivity index is 1.58. The summed E-state index contributed by atoms with van der Waals surface area (Å²) in [4.78, 5) is 24.6. The highest BCUT2D eigenvalue weighted by Crippen LogP contribution is 2.26. The van der Waals surface area contributed by atoms with Crippen LogP contribution in [-0.4, -0.2) is 29.7 Å². The van der Waals surface area contributed by atoms with E-state index in [4.69, 9.17) is 4.74 Å². The SMILES string of the molecule is CCOc1cc(/C=N/NC(=O)c2ccc(NC(=O)c3cccc(C)c3)cc2)ccc1O. The van der Waals surface area contributed by atoms with Crippen molar-refractivity contribution >= 4 is 23.7 Å². The number of carbonyl (C=O) groups is 2. The molecule has 158 valence electrons. The van der Waals surface area contributed by atoms with Crippen LogP contribution in [-0.2, 0) is 0 Å². The van der Waals surface area contributed by atoms with Gasteiger partial charge in [-0.15, -0.1) is 0 Å². The number of amides is 2. The van der Waals surface area contributed by atoms with E-state index in [1.54, 1.807) is 48.5 Å². The summed E-state index contributed by atoms with van der Waals surface area (Å²) < 4.78 is 5.32. The Labute approximate surface area is 180 Å². The number of nitrogens with zero attached hydrogens (tertiary/aromatic N) is 1. The van der Waals surface area contributed by atoms with E-state index in [1.807, 2.05) is 26.0 Å². The second-order valence-electron chi connectivity index (χ2n) is 6.76. The molecule has 0 heterocycles. The van der Waals surface area contributed by atoms with Gasteiger partial charge in [-0.3, -0.25) is 9.59 Å². The third-order valence-electron chi connectivity index (χ3n) is 4.35. The molecule has 0 aliphatic rings. The normalized spacial score (nSPS) is 10.6. The fourth-order valence-electron chi connectivity index (χ4n) is 2.81. The maximum atomic E-state index is 12.3. The van der Waals surface area contributed by atoms with Gasteiger partial charge in [0.25, 0.3) is 11.8 Å². The Morgan fingerprint density at radius 2 is 1.77 bits per heavy atom. The molecule has 0 aliphatic heterocycles. The number of ether oxygens (including phenoxy) is 1. The molecule has 3 rings (SSSR count). The fraction of sp³-hybridized carbons (Fsp3) is 0.125. The average molecular weight is 417 g/mol. The average Bonchev–Trinajstić information content (AvgIpc) is 2.76. The number of hydrazone groups is 1. The van der Waals surface area contributed by atoms with Crippen LogP contribution in [0.15, 0.2) is 71.8 Å². The lowest BCUT2D eigenvalue weighted by molar-refractivity contribution is 0.0954. The number of rotatable bonds is 7. The zero-order chi connectivity index (χ0) is 22.2. The minimum Gasteiger partial charge on any atom is -0.504 e. The molecule has 0 fully saturated rings. The molecule has 0 spiro atoms. The molecular formula is C24H23N3O4. The van der Waals surface area contributed by atoms with Crippen molar-refractivity contribution in [2.24, 2.45) is 5.10 Å². The lowest BCUT2D eigenvalue weighted by Crippen LogP contribution is -2.18. The molecule has 0 bridgehead atoms. The number of hydrogen-bond donors (Lipinski definition) is 3. The van der Waals surface area contributed by atoms with E-state index in [0.717, 1.165) is 5.56 Å². The summed E-state index contributed by atoms with van der Waals surface area (Å²) in [5, 5.41) is 16.5. The predicted molar refractivity (Wildman–Crippen MR) is 120 cm³/mol. The third-order valence-corrected chi connectivity index (χ3v) is 4.35. The van der Waals surface area contributed by atoms with E-state index in [0.29, 0.717) is 34.7 Å². The third kappa shape index (κ3) is 5.93. The van der Waals surface area contributed by atoms with E-state index in [-0.39, 0.29) is 11.7 Å². The minimum atomic E-state index is -0.392. The lowest BCUT2D eigenvalue weighted by Gasteiger charge is -2.07. The predicted octanol–water partition coefficient (Wildman–Crippen LogP) is 4.12. The van der Waals surface area contributed by atoms with Crippen molar-refractivity contribution in [2.45, 2.75) is 13.8 Å². The monoisotopic (exact) mass is 417 g/mol. The molecule has 0 aliphatic carbocycles. The van der Waals surface area contributed by atoms with Crippen molar-refractivity contribution in [3.63, 3.8) is 0 Å². The van der Waals surface area contributed by atoms with Crippen LogP contribution in [0.4, 0.5) is 5.69 Å². The second-order valence-corrected chi connectivity index (χ2v) is 6.76. The zero-order valence-corrected chi connectivity index (χ0v) is 17.3. The van der Waals surface area contributed by atoms with Crippen LogP contribution in [0.2, 0.25) is 0 Å². The Morgan fingerprint density at radius 1 is 1.00 bits per heavy atom. The summed E-state index contributed by atoms with van der Waals surface area (Å²) in [6.45, 7) is 4.16. The Hall–Kier alpha value is -4.13. The lowest BCUT2D eigenvalue weighted by atomic mass is 10.1. The van der Waals surface area contributed by atoms with Gasteiger partial charge in [0.15, 0.2) is 11.5 Å². The number of carbonyl (C=O) groups excluding carboxylic acids is 2. The standard InChI is InChI=1S/C24H23N3O4/c1-3-31-22-14-17(7-12-21(22)28)15-25-27-24(30)18-8-10-20(11-9-18)26-23(29)19-6-4-5-16(2)13-19/h4-15,28H,3H2,1-2H3,(H,26,29)(H,27,30)/b25-15+. The molecule has 0 aromatic heterocycles. The van der Waals surface area contributed by atoms with E-state index >= 15 is 0 Å². The van der Waals surface area contributed by atoms with Crippen molar-refractivity contribution in [1.82, 2.24) is 5.43 Å². The maximum absolute atomic E-state index is 12.3. The summed E-state index contributed by atoms with van der Waals surface area (Å²) in [5.74, 6) is -0.221. The van der Waals surface area contributed by atoms with Crippen LogP contribution in [0.5, 0.6) is 11.5 Å². The number of benzene rings is 3. The van der Waals surface area contributed by atoms with Gasteiger partial charge in [-0.1, -0.05) is 17.7 Å². The van der Waals surface area contributed by atoms with E-state index in [2.05, 4.69) is 15.8 Å². The van der Waals surface area contributed by atoms with Crippen molar-refractivity contribution < 1.29 is 19.4 Å². The van der Waals surface area contributed by atoms with Crippen molar-refractivity contribution in [1.29, 1.82) is 0 Å². The quantitative estimate of drug-likeness (QED) is 0.398. The Morgan fingerprint density at radius 3 is 2.48 bits per heavy atom. The summed E-state index contributed by atoms with van der Waals surface area (Å²) in [5.41, 5.74) is 5.65. The molecule has 0 saturated carbocycles. The molecule has 3 aromatic rings. The first-order chi connectivity index (χ1) is 15.0. The largest absolute Gasteiger partial charge is 0.504 e. The van der Waals surface area contributed by atoms with E-state index < -0.39 is 5.91 Å². The highest BCUT2D eigenvalue weighted by molar-refractivity contribution is 6.04. The van der Waals surface area contributed by atoms with E-state index in [9.17, 15) is 14.7 Å². The number of aryl methyl sites for hydroxylation is 1. The first-order valence-corrected chi connectivity index (χ1v) is 9.73. The fourth-order valence-corrected chi connectivity index (χ4v) is 2.81. The highest BCUT2D eigenvalue weighted by Gasteiger charge is 2.08. The van der Waals surface area contributed by atoms with Crippen molar-refractivity contribution in [3.8, 4) is 11.5 Å². The van der Waals surface area contributed by atoms with Gasteiger partial charge in [-0.25, -0.2) is 5.43 Å². The number of aromatic hydroxyl groups is 1. The van der Waals surface area contributed by atoms with Gasteiger partial charge in [0, 0.05) is 16.8 Å². The molecule has 3 aromatic carbocycles. The smallest absolute Gasteiger partial charge is 0.271 e. The summed E-state index contributed by atoms with van der Waals surface area (Å²) in [6.07, 6.45) is 1.45. The molecule has 2 amide bonds. The summed E-state index contributed by atoms with van der Waals surface area (Å²) >= 11 is 0. The Bertz CT molecular complexity index is 1110. The maximum Gasteiger partial charge on any atom is 0.271 e. The summed E-state index contributed by atoms with van der Waals surface area (Å²) in [6, 6.07) is 18.6. The highest BCUT2D eigenvalue weighted by atomic mass is 16.5. The molecule has 3 N–H and O–H groups in total. The van der Waals surface area contributed by atoms with Gasteiger partial charge < -0.3 is 15.2 Å². The molecule has 31 heavy (non-hydrogen) atoms. The van der Waals surface area contributed by atoms with Gasteiger partial charge in [0.05, 0.1) is 12.8 Å². The molecule has 0 saturated heterocycles. The zero-order valence-electron chi connectivity index (χ0n) is 17.3. The van der Waals surface area contributed by atoms with Crippen LogP contribution in [0.25, 0.3) is 0 Å². The van der Waals surface area contributed by atoms with Gasteiger partial charge in [-0.2, -0.15) is 5.10 Å². The molecule has 0 radical (unpaired) electrons. The number of nitrogens with one attached hydrogen (secondary N) is 2. The van der Waals surface area contributed by atoms with Crippen LogP contribution >= 0.6 is 0 Å². The summed E-state index contributed by atoms with van der Waals surface area (Å²) in [7, 11) is 0. The van der Waals surface area contributed by atoms with Crippen molar-refractivity contribution in [2.75, 3.05) is 11.9 Å². The van der Waals surface area contributed by atoms with E-state index in [1.165, 1.54) is 12.3 Å². The molecule has 0 unspecified atom stereocenters. The van der Waals surface area contributed by atoms with Crippen LogP contribution in [0.1, 0.15) is 38.8 Å². The molecule has 0 atom stereocenters. The number of hydrogen-bond acceptors (Lipinski definition) is 5. The first-order valence-electron chi connectivity index (χ1n) is 9.73. The van der Waals surface area contributed by atoms with Gasteiger partial charge in [0.1, 0.15) is 0 Å². The molecule has 7 nitrogen and oxygen atoms in total. The van der Waals surface area contributed by atoms with Gasteiger partial charge >= 0.3 is 0 Å². The Kier molecular flexibility index (Phi) is 7.01. The molecular weight excluding hydrogens is 394 g/mol. The van der Waals surface area contributed by atoms with Crippen molar-refractivity contribution in [3.05, 3.63) is 89.0 Å². The number of anilines is 1.